The first kappa shape index (κ1) is 5.40. The van der Waals surface area contributed by atoms with Crippen LogP contribution in [0.15, 0.2) is 9.98 Å². The lowest BCUT2D eigenvalue weighted by Gasteiger charge is -2.16. The highest BCUT2D eigenvalue weighted by atomic mass is 16.2. The molecule has 5 heteroatoms. The van der Waals surface area contributed by atoms with Crippen molar-refractivity contribution in [1.29, 1.82) is 0 Å². The second-order valence-corrected chi connectivity index (χ2v) is 2.12. The Hall–Kier alpha value is -1.39. The van der Waals surface area contributed by atoms with Crippen molar-refractivity contribution in [2.75, 3.05) is 0 Å². The van der Waals surface area contributed by atoms with E-state index in [1.807, 2.05) is 0 Å². The van der Waals surface area contributed by atoms with Gasteiger partial charge in [-0.3, -0.25) is 4.79 Å². The predicted molar refractivity (Wildman–Crippen MR) is 35.8 cm³/mol. The van der Waals surface area contributed by atoms with Gasteiger partial charge in [0.2, 0.25) is 0 Å². The topological polar surface area (TPSA) is 65.8 Å². The van der Waals surface area contributed by atoms with Crippen LogP contribution in [0.2, 0.25) is 0 Å². The van der Waals surface area contributed by atoms with Crippen molar-refractivity contribution in [3.05, 3.63) is 0 Å². The molecule has 0 aromatic carbocycles. The molecule has 2 aliphatic rings. The van der Waals surface area contributed by atoms with Crippen molar-refractivity contribution in [2.24, 2.45) is 9.98 Å². The average molecular weight is 138 g/mol. The van der Waals surface area contributed by atoms with Gasteiger partial charge in [-0.25, -0.2) is 9.98 Å². The van der Waals surface area contributed by atoms with E-state index in [4.69, 9.17) is 0 Å². The Labute approximate surface area is 57.2 Å². The molecular formula is C5H6N4O. The Morgan fingerprint density at radius 2 is 2.20 bits per heavy atom. The fraction of sp³-hybridized carbons (Fsp3) is 0.400. The van der Waals surface area contributed by atoms with Gasteiger partial charge in [0.05, 0.1) is 12.7 Å². The molecule has 1 amide bonds. The van der Waals surface area contributed by atoms with E-state index in [0.717, 1.165) is 0 Å². The molecule has 0 unspecified atom stereocenters. The third-order valence-corrected chi connectivity index (χ3v) is 1.50. The number of nitrogens with one attached hydrogen (secondary N) is 2. The molecule has 2 N–H and O–H groups in total. The second-order valence-electron chi connectivity index (χ2n) is 2.12. The normalized spacial score (nSPS) is 35.0. The van der Waals surface area contributed by atoms with E-state index >= 15 is 0 Å². The summed E-state index contributed by atoms with van der Waals surface area (Å²) in [4.78, 5) is 18.8. The Kier molecular flexibility index (Phi) is 0.969. The van der Waals surface area contributed by atoms with Crippen LogP contribution >= 0.6 is 0 Å². The lowest BCUT2D eigenvalue weighted by molar-refractivity contribution is -0.121. The highest BCUT2D eigenvalue weighted by Gasteiger charge is 2.31. The number of rotatable bonds is 0. The molecule has 0 aliphatic carbocycles. The summed E-state index contributed by atoms with van der Waals surface area (Å²) >= 11 is 0. The number of carbonyl (C=O) groups is 1. The molecule has 10 heavy (non-hydrogen) atoms. The molecule has 2 rings (SSSR count). The molecule has 0 fully saturated rings. The van der Waals surface area contributed by atoms with Gasteiger partial charge in [0.15, 0.2) is 6.17 Å². The Bertz CT molecular complexity index is 222. The molecule has 2 heterocycles. The summed E-state index contributed by atoms with van der Waals surface area (Å²) in [5, 5.41) is 5.27. The number of nitrogens with zero attached hydrogens (tertiary/aromatic N) is 2. The van der Waals surface area contributed by atoms with Crippen LogP contribution in [0.25, 0.3) is 0 Å². The number of aliphatic imine (C=N–C) groups is 2. The smallest absolute Gasteiger partial charge is 0.251 e. The molecule has 0 saturated heterocycles. The Morgan fingerprint density at radius 3 is 3.00 bits per heavy atom. The van der Waals surface area contributed by atoms with Gasteiger partial charge in [-0.05, 0) is 0 Å². The first-order chi connectivity index (χ1) is 4.88. The van der Waals surface area contributed by atoms with E-state index < -0.39 is 0 Å². The molecular weight excluding hydrogens is 132 g/mol. The third kappa shape index (κ3) is 0.601. The van der Waals surface area contributed by atoms with Crippen molar-refractivity contribution < 1.29 is 4.79 Å². The summed E-state index contributed by atoms with van der Waals surface area (Å²) in [6.45, 7) is 0. The number of hydrogen-bond acceptors (Lipinski definition) is 4. The first-order valence-corrected chi connectivity index (χ1v) is 2.97. The Balaban J connectivity index is 2.27. The van der Waals surface area contributed by atoms with E-state index in [1.165, 1.54) is 12.7 Å². The van der Waals surface area contributed by atoms with Crippen molar-refractivity contribution in [2.45, 2.75) is 12.2 Å². The maximum atomic E-state index is 10.9. The highest BCUT2D eigenvalue weighted by Crippen LogP contribution is 2.07. The van der Waals surface area contributed by atoms with E-state index in [-0.39, 0.29) is 18.1 Å². The molecule has 2 atom stereocenters. The zero-order valence-electron chi connectivity index (χ0n) is 5.11. The lowest BCUT2D eigenvalue weighted by Crippen LogP contribution is -2.48. The summed E-state index contributed by atoms with van der Waals surface area (Å²) in [5.41, 5.74) is 0. The molecule has 52 valence electrons. The number of fused-ring (bicyclic) bond motifs is 1. The number of carbonyl (C=O) groups excluding carboxylic acids is 1. The molecule has 2 aliphatic heterocycles. The third-order valence-electron chi connectivity index (χ3n) is 1.50. The minimum Gasteiger partial charge on any atom is -0.361 e. The zero-order valence-corrected chi connectivity index (χ0v) is 5.11. The maximum Gasteiger partial charge on any atom is 0.251 e. The van der Waals surface area contributed by atoms with E-state index in [2.05, 4.69) is 20.6 Å². The number of amides is 1. The van der Waals surface area contributed by atoms with Crippen molar-refractivity contribution >= 4 is 18.6 Å². The summed E-state index contributed by atoms with van der Waals surface area (Å²) in [6, 6.07) is -0.287. The second kappa shape index (κ2) is 1.80. The molecule has 0 bridgehead atoms. The molecule has 0 spiro atoms. The van der Waals surface area contributed by atoms with Gasteiger partial charge in [0.1, 0.15) is 6.04 Å². The van der Waals surface area contributed by atoms with Crippen molar-refractivity contribution in [3.63, 3.8) is 0 Å². The Morgan fingerprint density at radius 1 is 1.40 bits per heavy atom. The number of hydrogen-bond donors (Lipinski definition) is 2. The van der Waals surface area contributed by atoms with Gasteiger partial charge in [0.25, 0.3) is 5.91 Å². The van der Waals surface area contributed by atoms with E-state index in [9.17, 15) is 4.79 Å². The van der Waals surface area contributed by atoms with Crippen LogP contribution in [0.4, 0.5) is 0 Å². The lowest BCUT2D eigenvalue weighted by atomic mass is 10.2. The SMILES string of the molecule is O=C1NC=N[C@H]2N=CN[C@H]12. The van der Waals surface area contributed by atoms with Crippen LogP contribution in [0.5, 0.6) is 0 Å². The highest BCUT2D eigenvalue weighted by molar-refractivity contribution is 5.96. The quantitative estimate of drug-likeness (QED) is 0.426. The van der Waals surface area contributed by atoms with Crippen molar-refractivity contribution in [1.82, 2.24) is 10.6 Å². The molecule has 0 aromatic heterocycles. The van der Waals surface area contributed by atoms with E-state index in [1.54, 1.807) is 0 Å². The maximum absolute atomic E-state index is 10.9. The average Bonchev–Trinajstić information content (AvgIpc) is 2.36. The van der Waals surface area contributed by atoms with Gasteiger partial charge < -0.3 is 10.6 Å². The van der Waals surface area contributed by atoms with Gasteiger partial charge in [-0.2, -0.15) is 0 Å². The summed E-state index contributed by atoms with van der Waals surface area (Å²) in [6.07, 6.45) is 2.65. The van der Waals surface area contributed by atoms with Crippen LogP contribution in [-0.4, -0.2) is 30.8 Å². The standard InChI is InChI=1S/C5H6N4O/c10-5-3-4(7-1-6-3)8-2-9-5/h1-4H,(H,6,7)(H,8,9,10)/t3-,4+/m0/s1. The fourth-order valence-corrected chi connectivity index (χ4v) is 0.975. The van der Waals surface area contributed by atoms with Crippen LogP contribution in [0.1, 0.15) is 0 Å². The summed E-state index contributed by atoms with van der Waals surface area (Å²) < 4.78 is 0. The minimum absolute atomic E-state index is 0.0718. The largest absolute Gasteiger partial charge is 0.361 e. The fourth-order valence-electron chi connectivity index (χ4n) is 0.975. The van der Waals surface area contributed by atoms with Gasteiger partial charge in [-0.15, -0.1) is 0 Å². The van der Waals surface area contributed by atoms with Gasteiger partial charge in [-0.1, -0.05) is 0 Å². The van der Waals surface area contributed by atoms with Crippen LogP contribution in [-0.2, 0) is 4.79 Å². The van der Waals surface area contributed by atoms with Crippen molar-refractivity contribution in [3.8, 4) is 0 Å². The summed E-state index contributed by atoms with van der Waals surface area (Å²) in [5.74, 6) is -0.0718. The molecule has 5 nitrogen and oxygen atoms in total. The minimum atomic E-state index is -0.287. The van der Waals surface area contributed by atoms with Crippen LogP contribution < -0.4 is 10.6 Å². The summed E-state index contributed by atoms with van der Waals surface area (Å²) in [7, 11) is 0. The van der Waals surface area contributed by atoms with Crippen LogP contribution in [0, 0.1) is 0 Å². The first-order valence-electron chi connectivity index (χ1n) is 2.97. The monoisotopic (exact) mass is 138 g/mol. The molecule has 0 radical (unpaired) electrons. The van der Waals surface area contributed by atoms with Gasteiger partial charge in [0, 0.05) is 0 Å². The van der Waals surface area contributed by atoms with Crippen LogP contribution in [0.3, 0.4) is 0 Å². The zero-order chi connectivity index (χ0) is 6.97. The molecule has 0 saturated carbocycles. The predicted octanol–water partition coefficient (Wildman–Crippen LogP) is -1.53. The van der Waals surface area contributed by atoms with E-state index in [0.29, 0.717) is 0 Å². The van der Waals surface area contributed by atoms with Gasteiger partial charge >= 0.3 is 0 Å². The molecule has 0 aromatic rings.